The lowest BCUT2D eigenvalue weighted by Crippen LogP contribution is -2.35. The molecule has 2 amide bonds. The fraction of sp³-hybridized carbons (Fsp3) is 0.368. The molecule has 2 heterocycles. The van der Waals surface area contributed by atoms with Crippen LogP contribution in [-0.2, 0) is 11.3 Å². The first-order chi connectivity index (χ1) is 13.7. The molecule has 3 rings (SSSR count). The van der Waals surface area contributed by atoms with Gasteiger partial charge in [0, 0.05) is 10.7 Å². The molecule has 0 atom stereocenters. The molecule has 0 bridgehead atoms. The van der Waals surface area contributed by atoms with Gasteiger partial charge in [-0.1, -0.05) is 27.7 Å². The number of alkyl carbamates (subject to hydrolysis) is 1. The predicted molar refractivity (Wildman–Crippen MR) is 116 cm³/mol. The SMILES string of the molecule is CSC(=NC(=O)c1cn2c(n1)-c1ccc(Br)cc1OCC2)NC(=O)OC(C)(C)C. The van der Waals surface area contributed by atoms with E-state index >= 15 is 0 Å². The summed E-state index contributed by atoms with van der Waals surface area (Å²) in [5, 5.41) is 2.63. The molecule has 2 aromatic rings. The summed E-state index contributed by atoms with van der Waals surface area (Å²) in [5.41, 5.74) is 0.336. The maximum atomic E-state index is 12.6. The highest BCUT2D eigenvalue weighted by Crippen LogP contribution is 2.34. The maximum Gasteiger partial charge on any atom is 0.413 e. The average Bonchev–Trinajstić information content (AvgIpc) is 2.96. The molecule has 0 saturated heterocycles. The number of aliphatic imine (C=N–C) groups is 1. The Morgan fingerprint density at radius 1 is 1.38 bits per heavy atom. The van der Waals surface area contributed by atoms with E-state index < -0.39 is 17.6 Å². The number of fused-ring (bicyclic) bond motifs is 3. The monoisotopic (exact) mass is 480 g/mol. The number of amidine groups is 1. The first-order valence-electron chi connectivity index (χ1n) is 8.83. The molecule has 0 fully saturated rings. The van der Waals surface area contributed by atoms with Crippen molar-refractivity contribution >= 4 is 44.9 Å². The van der Waals surface area contributed by atoms with Crippen LogP contribution in [0.15, 0.2) is 33.9 Å². The van der Waals surface area contributed by atoms with Crippen molar-refractivity contribution in [1.82, 2.24) is 14.9 Å². The number of nitrogens with one attached hydrogen (secondary N) is 1. The van der Waals surface area contributed by atoms with E-state index in [-0.39, 0.29) is 10.9 Å². The number of halogens is 1. The number of ether oxygens (including phenoxy) is 2. The van der Waals surface area contributed by atoms with Crippen molar-refractivity contribution in [2.45, 2.75) is 32.9 Å². The van der Waals surface area contributed by atoms with Gasteiger partial charge in [-0.25, -0.2) is 9.78 Å². The number of carbonyl (C=O) groups is 2. The summed E-state index contributed by atoms with van der Waals surface area (Å²) < 4.78 is 13.7. The van der Waals surface area contributed by atoms with Crippen LogP contribution < -0.4 is 10.1 Å². The van der Waals surface area contributed by atoms with Crippen molar-refractivity contribution < 1.29 is 19.1 Å². The number of thioether (sulfide) groups is 1. The van der Waals surface area contributed by atoms with Crippen molar-refractivity contribution in [3.63, 3.8) is 0 Å². The van der Waals surface area contributed by atoms with Gasteiger partial charge in [0.25, 0.3) is 5.91 Å². The fourth-order valence-corrected chi connectivity index (χ4v) is 3.32. The van der Waals surface area contributed by atoms with Gasteiger partial charge in [0.05, 0.1) is 12.1 Å². The van der Waals surface area contributed by atoms with Crippen LogP contribution in [0.4, 0.5) is 4.79 Å². The smallest absolute Gasteiger partial charge is 0.413 e. The Labute approximate surface area is 181 Å². The number of imidazole rings is 1. The normalized spacial score (nSPS) is 13.6. The third kappa shape index (κ3) is 5.39. The highest BCUT2D eigenvalue weighted by atomic mass is 79.9. The predicted octanol–water partition coefficient (Wildman–Crippen LogP) is 4.09. The second kappa shape index (κ2) is 8.58. The van der Waals surface area contributed by atoms with Crippen LogP contribution >= 0.6 is 27.7 Å². The van der Waals surface area contributed by atoms with Crippen LogP contribution in [0.3, 0.4) is 0 Å². The summed E-state index contributed by atoms with van der Waals surface area (Å²) in [6.07, 6.45) is 2.68. The van der Waals surface area contributed by atoms with E-state index in [1.807, 2.05) is 22.8 Å². The summed E-state index contributed by atoms with van der Waals surface area (Å²) in [5.74, 6) is 0.780. The van der Waals surface area contributed by atoms with Crippen molar-refractivity contribution in [1.29, 1.82) is 0 Å². The fourth-order valence-electron chi connectivity index (χ4n) is 2.62. The zero-order valence-corrected chi connectivity index (χ0v) is 18.9. The molecule has 0 aliphatic carbocycles. The highest BCUT2D eigenvalue weighted by molar-refractivity contribution is 9.10. The number of rotatable bonds is 1. The second-order valence-corrected chi connectivity index (χ2v) is 8.90. The summed E-state index contributed by atoms with van der Waals surface area (Å²) in [7, 11) is 0. The number of nitrogens with zero attached hydrogens (tertiary/aromatic N) is 3. The van der Waals surface area contributed by atoms with Gasteiger partial charge in [0.2, 0.25) is 0 Å². The van der Waals surface area contributed by atoms with Crippen molar-refractivity contribution in [3.8, 4) is 17.1 Å². The van der Waals surface area contributed by atoms with Gasteiger partial charge in [-0.2, -0.15) is 4.99 Å². The molecular formula is C19H21BrN4O4S. The lowest BCUT2D eigenvalue weighted by atomic mass is 10.2. The van der Waals surface area contributed by atoms with E-state index in [0.29, 0.717) is 24.7 Å². The molecule has 1 N–H and O–H groups in total. The third-order valence-electron chi connectivity index (χ3n) is 3.77. The number of carbonyl (C=O) groups excluding carboxylic acids is 2. The van der Waals surface area contributed by atoms with E-state index in [2.05, 4.69) is 31.2 Å². The van der Waals surface area contributed by atoms with Crippen molar-refractivity contribution in [2.75, 3.05) is 12.9 Å². The molecule has 0 radical (unpaired) electrons. The average molecular weight is 481 g/mol. The Morgan fingerprint density at radius 3 is 2.83 bits per heavy atom. The highest BCUT2D eigenvalue weighted by Gasteiger charge is 2.22. The number of aromatic nitrogens is 2. The molecule has 10 heteroatoms. The van der Waals surface area contributed by atoms with E-state index in [0.717, 1.165) is 21.8 Å². The van der Waals surface area contributed by atoms with Gasteiger partial charge in [-0.3, -0.25) is 10.1 Å². The quantitative estimate of drug-likeness (QED) is 0.487. The molecule has 0 spiro atoms. The Morgan fingerprint density at radius 2 is 2.14 bits per heavy atom. The summed E-state index contributed by atoms with van der Waals surface area (Å²) in [4.78, 5) is 33.0. The minimum Gasteiger partial charge on any atom is -0.491 e. The summed E-state index contributed by atoms with van der Waals surface area (Å²) >= 11 is 4.56. The van der Waals surface area contributed by atoms with Gasteiger partial charge in [-0.15, -0.1) is 0 Å². The van der Waals surface area contributed by atoms with Crippen LogP contribution in [0, 0.1) is 0 Å². The number of benzene rings is 1. The number of hydrogen-bond acceptors (Lipinski definition) is 6. The molecule has 1 aliphatic rings. The molecule has 1 aromatic heterocycles. The Hall–Kier alpha value is -2.33. The van der Waals surface area contributed by atoms with Gasteiger partial charge >= 0.3 is 6.09 Å². The zero-order valence-electron chi connectivity index (χ0n) is 16.5. The van der Waals surface area contributed by atoms with Crippen LogP contribution in [0.5, 0.6) is 5.75 Å². The van der Waals surface area contributed by atoms with E-state index in [1.54, 1.807) is 33.2 Å². The minimum atomic E-state index is -0.671. The van der Waals surface area contributed by atoms with Crippen LogP contribution in [0.1, 0.15) is 31.3 Å². The van der Waals surface area contributed by atoms with E-state index in [4.69, 9.17) is 9.47 Å². The number of hydrogen-bond donors (Lipinski definition) is 1. The molecule has 1 aliphatic heterocycles. The largest absolute Gasteiger partial charge is 0.491 e. The zero-order chi connectivity index (χ0) is 21.2. The van der Waals surface area contributed by atoms with Crippen molar-refractivity contribution in [2.24, 2.45) is 4.99 Å². The topological polar surface area (TPSA) is 94.8 Å². The third-order valence-corrected chi connectivity index (χ3v) is 4.85. The van der Waals surface area contributed by atoms with Gasteiger partial charge in [0.15, 0.2) is 5.17 Å². The van der Waals surface area contributed by atoms with Crippen LogP contribution in [-0.4, -0.2) is 45.2 Å². The first-order valence-corrected chi connectivity index (χ1v) is 10.8. The van der Waals surface area contributed by atoms with E-state index in [1.165, 1.54) is 0 Å². The molecule has 0 unspecified atom stereocenters. The molecule has 1 aromatic carbocycles. The molecular weight excluding hydrogens is 460 g/mol. The summed E-state index contributed by atoms with van der Waals surface area (Å²) in [6.45, 7) is 6.28. The van der Waals surface area contributed by atoms with Crippen LogP contribution in [0.2, 0.25) is 0 Å². The molecule has 8 nitrogen and oxygen atoms in total. The molecule has 0 saturated carbocycles. The lowest BCUT2D eigenvalue weighted by Gasteiger charge is -2.19. The minimum absolute atomic E-state index is 0.139. The molecule has 154 valence electrons. The number of amides is 2. The van der Waals surface area contributed by atoms with Gasteiger partial charge < -0.3 is 14.0 Å². The summed E-state index contributed by atoms with van der Waals surface area (Å²) in [6, 6.07) is 5.65. The standard InChI is InChI=1S/C19H21BrN4O4S/c1-19(2,3)28-18(26)23-17(29-4)22-16(25)13-10-24-7-8-27-14-9-11(20)5-6-12(14)15(24)21-13/h5-6,9-10H,7-8H2,1-4H3,(H,22,23,25,26). The van der Waals surface area contributed by atoms with E-state index in [9.17, 15) is 9.59 Å². The first kappa shape index (κ1) is 21.4. The lowest BCUT2D eigenvalue weighted by molar-refractivity contribution is 0.0564. The Balaban J connectivity index is 1.84. The second-order valence-electron chi connectivity index (χ2n) is 7.19. The Kier molecular flexibility index (Phi) is 6.33. The van der Waals surface area contributed by atoms with Crippen LogP contribution in [0.25, 0.3) is 11.4 Å². The maximum absolute atomic E-state index is 12.6. The van der Waals surface area contributed by atoms with Gasteiger partial charge in [-0.05, 0) is 45.2 Å². The Bertz CT molecular complexity index is 981. The molecule has 29 heavy (non-hydrogen) atoms. The van der Waals surface area contributed by atoms with Crippen molar-refractivity contribution in [3.05, 3.63) is 34.6 Å². The van der Waals surface area contributed by atoms with Gasteiger partial charge in [0.1, 0.15) is 29.5 Å².